The summed E-state index contributed by atoms with van der Waals surface area (Å²) in [7, 11) is 0. The summed E-state index contributed by atoms with van der Waals surface area (Å²) in [4.78, 5) is 11.2. The molecule has 1 aliphatic carbocycles. The molecule has 2 aromatic rings. The Morgan fingerprint density at radius 2 is 1.83 bits per heavy atom. The Bertz CT molecular complexity index is 769. The molecular formula is C17H17NO4S. The Kier molecular flexibility index (Phi) is 4.19. The highest BCUT2D eigenvalue weighted by Gasteiger charge is 2.24. The van der Waals surface area contributed by atoms with Gasteiger partial charge in [0.05, 0.1) is 16.9 Å². The maximum atomic E-state index is 11.9. The molecule has 23 heavy (non-hydrogen) atoms. The zero-order valence-electron chi connectivity index (χ0n) is 12.6. The first kappa shape index (κ1) is 15.7. The molecule has 0 radical (unpaired) electrons. The van der Waals surface area contributed by atoms with Crippen molar-refractivity contribution < 1.29 is 18.7 Å². The van der Waals surface area contributed by atoms with E-state index in [0.29, 0.717) is 17.3 Å². The molecule has 6 heteroatoms. The van der Waals surface area contributed by atoms with Crippen LogP contribution in [-0.4, -0.2) is 19.8 Å². The van der Waals surface area contributed by atoms with Crippen molar-refractivity contribution in [3.63, 3.8) is 0 Å². The standard InChI is InChI=1S/C17H17NO4S/c1-11-2-3-14(17(19)20)10-16(11)18(23(21)22)15-8-6-13(7-9-15)12-4-5-12/h2-3,6-10,12H,4-5H2,1H3,(H,19,20)(H,21,22). The molecule has 0 bridgehead atoms. The van der Waals surface area contributed by atoms with Gasteiger partial charge in [-0.1, -0.05) is 18.2 Å². The average molecular weight is 331 g/mol. The van der Waals surface area contributed by atoms with E-state index >= 15 is 0 Å². The van der Waals surface area contributed by atoms with E-state index in [1.807, 2.05) is 12.1 Å². The quantitative estimate of drug-likeness (QED) is 0.816. The maximum Gasteiger partial charge on any atom is 0.335 e. The predicted molar refractivity (Wildman–Crippen MR) is 89.5 cm³/mol. The van der Waals surface area contributed by atoms with Crippen LogP contribution in [-0.2, 0) is 11.3 Å². The number of aryl methyl sites for hydroxylation is 1. The summed E-state index contributed by atoms with van der Waals surface area (Å²) in [6, 6.07) is 12.1. The summed E-state index contributed by atoms with van der Waals surface area (Å²) in [5, 5.41) is 9.14. The van der Waals surface area contributed by atoms with Crippen LogP contribution in [0.5, 0.6) is 0 Å². The molecule has 0 saturated heterocycles. The molecule has 0 spiro atoms. The average Bonchev–Trinajstić information content (AvgIpc) is 3.34. The van der Waals surface area contributed by atoms with Gasteiger partial charge in [0.1, 0.15) is 0 Å². The van der Waals surface area contributed by atoms with Crippen LogP contribution in [0.2, 0.25) is 0 Å². The number of carboxylic acids is 1. The van der Waals surface area contributed by atoms with E-state index in [1.165, 1.54) is 34.8 Å². The molecule has 1 aliphatic rings. The van der Waals surface area contributed by atoms with Gasteiger partial charge in [0.2, 0.25) is 0 Å². The van der Waals surface area contributed by atoms with Gasteiger partial charge < -0.3 is 5.11 Å². The number of nitrogens with zero attached hydrogens (tertiary/aromatic N) is 1. The van der Waals surface area contributed by atoms with E-state index in [9.17, 15) is 13.6 Å². The van der Waals surface area contributed by atoms with Crippen molar-refractivity contribution in [2.45, 2.75) is 25.7 Å². The zero-order valence-corrected chi connectivity index (χ0v) is 13.4. The van der Waals surface area contributed by atoms with E-state index in [0.717, 1.165) is 5.56 Å². The van der Waals surface area contributed by atoms with Gasteiger partial charge in [-0.15, -0.1) is 0 Å². The Hall–Kier alpha value is -2.18. The second kappa shape index (κ2) is 6.14. The minimum absolute atomic E-state index is 0.0793. The van der Waals surface area contributed by atoms with Gasteiger partial charge in [-0.25, -0.2) is 13.3 Å². The topological polar surface area (TPSA) is 77.8 Å². The summed E-state index contributed by atoms with van der Waals surface area (Å²) in [5.41, 5.74) is 3.00. The van der Waals surface area contributed by atoms with Crippen LogP contribution in [0, 0.1) is 6.92 Å². The van der Waals surface area contributed by atoms with E-state index in [2.05, 4.69) is 0 Å². The molecule has 1 saturated carbocycles. The number of carbonyl (C=O) groups is 1. The molecule has 0 amide bonds. The normalized spacial score (nSPS) is 15.2. The number of benzene rings is 2. The van der Waals surface area contributed by atoms with Gasteiger partial charge in [-0.2, -0.15) is 0 Å². The lowest BCUT2D eigenvalue weighted by molar-refractivity contribution is 0.0697. The van der Waals surface area contributed by atoms with Gasteiger partial charge in [0.25, 0.3) is 11.3 Å². The fourth-order valence-corrected chi connectivity index (χ4v) is 3.24. The molecule has 0 aromatic heterocycles. The summed E-state index contributed by atoms with van der Waals surface area (Å²) < 4.78 is 22.8. The Morgan fingerprint density at radius 3 is 2.35 bits per heavy atom. The third-order valence-corrected chi connectivity index (χ3v) is 4.73. The van der Waals surface area contributed by atoms with Gasteiger partial charge in [-0.3, -0.25) is 4.55 Å². The fourth-order valence-electron chi connectivity index (χ4n) is 2.57. The Balaban J connectivity index is 2.02. The highest BCUT2D eigenvalue weighted by Crippen LogP contribution is 2.41. The van der Waals surface area contributed by atoms with Crippen LogP contribution in [0.15, 0.2) is 42.5 Å². The molecule has 5 nitrogen and oxygen atoms in total. The zero-order chi connectivity index (χ0) is 16.6. The van der Waals surface area contributed by atoms with Crippen LogP contribution in [0.25, 0.3) is 0 Å². The van der Waals surface area contributed by atoms with Crippen LogP contribution in [0.3, 0.4) is 0 Å². The highest BCUT2D eigenvalue weighted by molar-refractivity contribution is 7.81. The van der Waals surface area contributed by atoms with Crippen molar-refractivity contribution in [3.05, 3.63) is 59.2 Å². The van der Waals surface area contributed by atoms with Crippen molar-refractivity contribution in [2.75, 3.05) is 4.31 Å². The van der Waals surface area contributed by atoms with Crippen molar-refractivity contribution in [3.8, 4) is 0 Å². The van der Waals surface area contributed by atoms with Gasteiger partial charge in [0.15, 0.2) is 0 Å². The molecular weight excluding hydrogens is 314 g/mol. The van der Waals surface area contributed by atoms with Gasteiger partial charge in [-0.05, 0) is 61.1 Å². The summed E-state index contributed by atoms with van der Waals surface area (Å²) in [6.45, 7) is 1.78. The van der Waals surface area contributed by atoms with Crippen LogP contribution >= 0.6 is 0 Å². The third-order valence-electron chi connectivity index (χ3n) is 4.01. The lowest BCUT2D eigenvalue weighted by atomic mass is 10.1. The molecule has 1 atom stereocenters. The maximum absolute atomic E-state index is 11.9. The number of aromatic carboxylic acids is 1. The first-order valence-corrected chi connectivity index (χ1v) is 8.38. The van der Waals surface area contributed by atoms with Gasteiger partial charge >= 0.3 is 5.97 Å². The highest BCUT2D eigenvalue weighted by atomic mass is 32.2. The monoisotopic (exact) mass is 331 g/mol. The van der Waals surface area contributed by atoms with Crippen LogP contribution in [0.1, 0.15) is 40.2 Å². The van der Waals surface area contributed by atoms with Crippen molar-refractivity contribution in [2.24, 2.45) is 0 Å². The van der Waals surface area contributed by atoms with E-state index in [4.69, 9.17) is 5.11 Å². The molecule has 120 valence electrons. The number of hydrogen-bond acceptors (Lipinski definition) is 2. The van der Waals surface area contributed by atoms with Crippen molar-refractivity contribution >= 4 is 28.6 Å². The van der Waals surface area contributed by atoms with Crippen molar-refractivity contribution in [1.82, 2.24) is 0 Å². The molecule has 1 fully saturated rings. The predicted octanol–water partition coefficient (Wildman–Crippen LogP) is 3.85. The van der Waals surface area contributed by atoms with E-state index in [1.54, 1.807) is 25.1 Å². The summed E-state index contributed by atoms with van der Waals surface area (Å²) in [6.07, 6.45) is 2.38. The molecule has 1 unspecified atom stereocenters. The number of carboxylic acid groups (broad SMARTS) is 1. The summed E-state index contributed by atoms with van der Waals surface area (Å²) >= 11 is -2.30. The first-order chi connectivity index (χ1) is 11.0. The van der Waals surface area contributed by atoms with Gasteiger partial charge in [0, 0.05) is 0 Å². The first-order valence-electron chi connectivity index (χ1n) is 7.32. The van der Waals surface area contributed by atoms with E-state index < -0.39 is 17.2 Å². The second-order valence-corrected chi connectivity index (χ2v) is 6.52. The largest absolute Gasteiger partial charge is 0.478 e. The molecule has 2 aromatic carbocycles. The smallest absolute Gasteiger partial charge is 0.335 e. The fraction of sp³-hybridized carbons (Fsp3) is 0.235. The molecule has 2 N–H and O–H groups in total. The van der Waals surface area contributed by atoms with Crippen molar-refractivity contribution in [1.29, 1.82) is 0 Å². The van der Waals surface area contributed by atoms with Crippen LogP contribution < -0.4 is 4.31 Å². The number of hydrogen-bond donors (Lipinski definition) is 2. The minimum Gasteiger partial charge on any atom is -0.478 e. The SMILES string of the molecule is Cc1ccc(C(=O)O)cc1N(c1ccc(C2CC2)cc1)S(=O)O. The van der Waals surface area contributed by atoms with Crippen LogP contribution in [0.4, 0.5) is 11.4 Å². The summed E-state index contributed by atoms with van der Waals surface area (Å²) in [5.74, 6) is -0.465. The second-order valence-electron chi connectivity index (χ2n) is 5.70. The Morgan fingerprint density at radius 1 is 1.17 bits per heavy atom. The Labute approximate surface area is 137 Å². The molecule has 0 heterocycles. The lowest BCUT2D eigenvalue weighted by Crippen LogP contribution is -2.20. The number of anilines is 2. The van der Waals surface area contributed by atoms with E-state index in [-0.39, 0.29) is 5.56 Å². The third kappa shape index (κ3) is 3.28. The lowest BCUT2D eigenvalue weighted by Gasteiger charge is -2.22. The minimum atomic E-state index is -2.30. The molecule has 3 rings (SSSR count). The number of rotatable bonds is 5. The molecule has 0 aliphatic heterocycles.